The second-order valence-corrected chi connectivity index (χ2v) is 14.3. The van der Waals surface area contributed by atoms with E-state index >= 15 is 0 Å². The Kier molecular flexibility index (Phi) is 6.95. The maximum absolute atomic E-state index is 10.6. The van der Waals surface area contributed by atoms with Crippen molar-refractivity contribution in [1.82, 2.24) is 13.7 Å². The molecule has 0 radical (unpaired) electrons. The fourth-order valence-electron chi connectivity index (χ4n) is 8.82. The Morgan fingerprint density at radius 3 is 1.42 bits per heavy atom. The Morgan fingerprint density at radius 2 is 0.860 bits per heavy atom. The lowest BCUT2D eigenvalue weighted by molar-refractivity contribution is 1.15. The molecule has 0 amide bonds. The average molecular weight is 725 g/mol. The number of para-hydroxylation sites is 3. The summed E-state index contributed by atoms with van der Waals surface area (Å²) in [4.78, 5) is 7.31. The Balaban J connectivity index is 1.08. The van der Waals surface area contributed by atoms with Gasteiger partial charge in [0.05, 0.1) is 57.9 Å². The van der Waals surface area contributed by atoms with Gasteiger partial charge in [-0.15, -0.1) is 0 Å². The molecule has 3 aromatic heterocycles. The van der Waals surface area contributed by atoms with E-state index in [4.69, 9.17) is 13.1 Å². The van der Waals surface area contributed by atoms with Gasteiger partial charge in [-0.2, -0.15) is 5.26 Å². The van der Waals surface area contributed by atoms with Gasteiger partial charge in [-0.25, -0.2) is 9.69 Å². The summed E-state index contributed by atoms with van der Waals surface area (Å²) in [6.45, 7) is 15.2. The molecule has 0 aliphatic heterocycles. The standard InChI is InChI=1S/C51H28N6/c1-53-34-18-24-49-44(28-34)45-29-35(54-2)19-25-50(45)55(49)37-20-22-39(33(27-37)31-52)32-10-9-11-36(26-32)57-48-17-8-5-14-42(48)43-23-21-38(30-51(43)57)56-46-15-6-3-12-40(46)41-13-4-7-16-47(41)56/h3-30H. The second-order valence-electron chi connectivity index (χ2n) is 14.3. The molecule has 3 heterocycles. The van der Waals surface area contributed by atoms with Crippen LogP contribution in [0.2, 0.25) is 0 Å². The minimum atomic E-state index is 0.536. The van der Waals surface area contributed by atoms with Gasteiger partial charge in [-0.3, -0.25) is 0 Å². The third-order valence-corrected chi connectivity index (χ3v) is 11.3. The predicted molar refractivity (Wildman–Crippen MR) is 232 cm³/mol. The largest absolute Gasteiger partial charge is 0.309 e. The molecule has 0 unspecified atom stereocenters. The Morgan fingerprint density at radius 1 is 0.386 bits per heavy atom. The lowest BCUT2D eigenvalue weighted by Crippen LogP contribution is -1.98. The van der Waals surface area contributed by atoms with E-state index in [0.29, 0.717) is 16.9 Å². The first-order valence-corrected chi connectivity index (χ1v) is 18.6. The topological polar surface area (TPSA) is 47.3 Å². The van der Waals surface area contributed by atoms with Gasteiger partial charge in [0.25, 0.3) is 0 Å². The van der Waals surface area contributed by atoms with E-state index in [9.17, 15) is 5.26 Å². The molecule has 0 saturated carbocycles. The summed E-state index contributed by atoms with van der Waals surface area (Å²) in [6.07, 6.45) is 0. The zero-order valence-corrected chi connectivity index (χ0v) is 30.3. The molecule has 0 atom stereocenters. The molecule has 6 heteroatoms. The molecule has 0 spiro atoms. The zero-order valence-electron chi connectivity index (χ0n) is 30.3. The molecule has 0 bridgehead atoms. The first kappa shape index (κ1) is 32.1. The Labute approximate surface area is 327 Å². The highest BCUT2D eigenvalue weighted by molar-refractivity contribution is 6.13. The van der Waals surface area contributed by atoms with Crippen LogP contribution in [0.25, 0.3) is 103 Å². The van der Waals surface area contributed by atoms with Crippen LogP contribution in [0.1, 0.15) is 5.56 Å². The zero-order chi connectivity index (χ0) is 38.2. The molecule has 11 aromatic rings. The highest BCUT2D eigenvalue weighted by Crippen LogP contribution is 2.40. The average Bonchev–Trinajstić information content (AvgIpc) is 3.91. The summed E-state index contributed by atoms with van der Waals surface area (Å²) >= 11 is 0. The number of nitrogens with zero attached hydrogens (tertiary/aromatic N) is 6. The van der Waals surface area contributed by atoms with E-state index in [1.807, 2.05) is 54.6 Å². The quantitative estimate of drug-likeness (QED) is 0.167. The molecule has 0 fully saturated rings. The van der Waals surface area contributed by atoms with Gasteiger partial charge in [0.2, 0.25) is 0 Å². The van der Waals surface area contributed by atoms with Gasteiger partial charge in [-0.1, -0.05) is 91.0 Å². The van der Waals surface area contributed by atoms with Crippen LogP contribution in [-0.4, -0.2) is 13.7 Å². The van der Waals surface area contributed by atoms with Crippen LogP contribution in [0.3, 0.4) is 0 Å². The maximum Gasteiger partial charge on any atom is 0.188 e. The van der Waals surface area contributed by atoms with Gasteiger partial charge in [0.1, 0.15) is 0 Å². The minimum absolute atomic E-state index is 0.536. The summed E-state index contributed by atoms with van der Waals surface area (Å²) in [5.74, 6) is 0. The summed E-state index contributed by atoms with van der Waals surface area (Å²) in [5, 5.41) is 17.2. The second kappa shape index (κ2) is 12.3. The number of rotatable bonds is 4. The molecular formula is C51H28N6. The molecule has 0 aliphatic carbocycles. The van der Waals surface area contributed by atoms with E-state index in [0.717, 1.165) is 72.1 Å². The van der Waals surface area contributed by atoms with Crippen LogP contribution in [0.5, 0.6) is 0 Å². The van der Waals surface area contributed by atoms with Gasteiger partial charge < -0.3 is 13.7 Å². The fraction of sp³-hybridized carbons (Fsp3) is 0. The molecule has 57 heavy (non-hydrogen) atoms. The molecule has 0 saturated heterocycles. The van der Waals surface area contributed by atoms with Crippen molar-refractivity contribution in [1.29, 1.82) is 5.26 Å². The number of hydrogen-bond donors (Lipinski definition) is 0. The molecule has 0 N–H and O–H groups in total. The summed E-state index contributed by atoms with van der Waals surface area (Å²) in [6, 6.07) is 60.7. The Bertz CT molecular complexity index is 3500. The van der Waals surface area contributed by atoms with Crippen molar-refractivity contribution in [2.24, 2.45) is 0 Å². The number of hydrogen-bond acceptors (Lipinski definition) is 1. The molecule has 0 aliphatic rings. The smallest absolute Gasteiger partial charge is 0.188 e. The number of fused-ring (bicyclic) bond motifs is 9. The van der Waals surface area contributed by atoms with E-state index in [-0.39, 0.29) is 0 Å². The van der Waals surface area contributed by atoms with E-state index in [1.165, 1.54) is 21.5 Å². The third kappa shape index (κ3) is 4.74. The summed E-state index contributed by atoms with van der Waals surface area (Å²) < 4.78 is 6.80. The SMILES string of the molecule is [C-]#[N+]c1ccc2c(c1)c1cc([N+]#[C-])ccc1n2-c1ccc(-c2cccc(-n3c4ccccc4c4ccc(-n5c6ccccc6c6ccccc65)cc43)c2)c(C#N)c1. The molecule has 6 nitrogen and oxygen atoms in total. The summed E-state index contributed by atoms with van der Waals surface area (Å²) in [7, 11) is 0. The fourth-order valence-corrected chi connectivity index (χ4v) is 8.82. The Hall–Kier alpha value is -8.37. The van der Waals surface area contributed by atoms with Crippen molar-refractivity contribution in [3.63, 3.8) is 0 Å². The van der Waals surface area contributed by atoms with Crippen molar-refractivity contribution in [2.75, 3.05) is 0 Å². The lowest BCUT2D eigenvalue weighted by atomic mass is 9.99. The normalized spacial score (nSPS) is 11.5. The van der Waals surface area contributed by atoms with Crippen LogP contribution in [0.15, 0.2) is 170 Å². The number of benzene rings is 8. The minimum Gasteiger partial charge on any atom is -0.309 e. The van der Waals surface area contributed by atoms with Crippen molar-refractivity contribution >= 4 is 76.8 Å². The monoisotopic (exact) mass is 724 g/mol. The van der Waals surface area contributed by atoms with E-state index in [2.05, 4.69) is 145 Å². The van der Waals surface area contributed by atoms with Gasteiger partial charge in [0, 0.05) is 38.6 Å². The van der Waals surface area contributed by atoms with Crippen molar-refractivity contribution < 1.29 is 0 Å². The van der Waals surface area contributed by atoms with Crippen LogP contribution in [0.4, 0.5) is 11.4 Å². The highest BCUT2D eigenvalue weighted by Gasteiger charge is 2.19. The maximum atomic E-state index is 10.6. The highest BCUT2D eigenvalue weighted by atomic mass is 15.0. The number of aromatic nitrogens is 3. The van der Waals surface area contributed by atoms with Gasteiger partial charge in [-0.05, 0) is 101 Å². The van der Waals surface area contributed by atoms with Crippen molar-refractivity contribution in [3.8, 4) is 34.3 Å². The molecule has 11 rings (SSSR count). The predicted octanol–water partition coefficient (Wildman–Crippen LogP) is 13.6. The lowest BCUT2D eigenvalue weighted by Gasteiger charge is -2.14. The van der Waals surface area contributed by atoms with Crippen LogP contribution < -0.4 is 0 Å². The van der Waals surface area contributed by atoms with Crippen LogP contribution in [-0.2, 0) is 0 Å². The van der Waals surface area contributed by atoms with Crippen LogP contribution in [0, 0.1) is 24.5 Å². The first-order chi connectivity index (χ1) is 28.1. The summed E-state index contributed by atoms with van der Waals surface area (Å²) in [5.41, 5.74) is 12.7. The first-order valence-electron chi connectivity index (χ1n) is 18.6. The van der Waals surface area contributed by atoms with Gasteiger partial charge >= 0.3 is 0 Å². The van der Waals surface area contributed by atoms with E-state index in [1.54, 1.807) is 0 Å². The van der Waals surface area contributed by atoms with Crippen molar-refractivity contribution in [2.45, 2.75) is 0 Å². The van der Waals surface area contributed by atoms with Crippen molar-refractivity contribution in [3.05, 3.63) is 198 Å². The van der Waals surface area contributed by atoms with Crippen LogP contribution >= 0.6 is 0 Å². The van der Waals surface area contributed by atoms with Gasteiger partial charge in [0.15, 0.2) is 11.4 Å². The molecular weight excluding hydrogens is 697 g/mol. The molecule has 8 aromatic carbocycles. The number of nitriles is 1. The molecule has 262 valence electrons. The van der Waals surface area contributed by atoms with E-state index < -0.39 is 0 Å². The third-order valence-electron chi connectivity index (χ3n) is 11.3.